The van der Waals surface area contributed by atoms with Gasteiger partial charge in [0.25, 0.3) is 0 Å². The maximum Gasteiger partial charge on any atom is 0.408 e. The molecule has 1 atom stereocenters. The predicted octanol–water partition coefficient (Wildman–Crippen LogP) is 1.43. The van der Waals surface area contributed by atoms with Crippen LogP contribution in [-0.2, 0) is 25.7 Å². The van der Waals surface area contributed by atoms with Crippen molar-refractivity contribution in [1.82, 2.24) is 5.32 Å². The van der Waals surface area contributed by atoms with Gasteiger partial charge in [-0.25, -0.2) is 4.79 Å². The minimum absolute atomic E-state index is 0.0949. The van der Waals surface area contributed by atoms with E-state index in [4.69, 9.17) is 9.47 Å². The van der Waals surface area contributed by atoms with E-state index in [-0.39, 0.29) is 19.6 Å². The quantitative estimate of drug-likeness (QED) is 0.603. The van der Waals surface area contributed by atoms with Gasteiger partial charge in [0.05, 0.1) is 19.1 Å². The van der Waals surface area contributed by atoms with E-state index in [0.29, 0.717) is 6.29 Å². The maximum absolute atomic E-state index is 11.5. The summed E-state index contributed by atoms with van der Waals surface area (Å²) in [6, 6.07) is 8.17. The first-order chi connectivity index (χ1) is 9.65. The van der Waals surface area contributed by atoms with Crippen molar-refractivity contribution in [3.63, 3.8) is 0 Å². The van der Waals surface area contributed by atoms with E-state index in [1.54, 1.807) is 6.92 Å². The van der Waals surface area contributed by atoms with Crippen molar-refractivity contribution in [2.45, 2.75) is 26.0 Å². The lowest BCUT2D eigenvalue weighted by atomic mass is 10.2. The summed E-state index contributed by atoms with van der Waals surface area (Å²) in [5.74, 6) is -0.548. The Kier molecular flexibility index (Phi) is 6.81. The van der Waals surface area contributed by atoms with Gasteiger partial charge in [0.15, 0.2) is 0 Å². The second-order valence-corrected chi connectivity index (χ2v) is 3.96. The minimum Gasteiger partial charge on any atom is -0.466 e. The number of carbonyl (C=O) groups excluding carboxylic acids is 3. The van der Waals surface area contributed by atoms with Gasteiger partial charge in [-0.05, 0) is 12.5 Å². The number of hydrogen-bond donors (Lipinski definition) is 1. The van der Waals surface area contributed by atoms with Crippen LogP contribution < -0.4 is 5.32 Å². The van der Waals surface area contributed by atoms with Gasteiger partial charge in [0.1, 0.15) is 12.9 Å². The van der Waals surface area contributed by atoms with Gasteiger partial charge in [-0.1, -0.05) is 30.3 Å². The highest BCUT2D eigenvalue weighted by atomic mass is 16.5. The molecule has 0 spiro atoms. The molecule has 1 amide bonds. The number of esters is 1. The Morgan fingerprint density at radius 1 is 1.25 bits per heavy atom. The summed E-state index contributed by atoms with van der Waals surface area (Å²) in [4.78, 5) is 33.5. The van der Waals surface area contributed by atoms with Crippen LogP contribution in [0.15, 0.2) is 30.3 Å². The third-order valence-electron chi connectivity index (χ3n) is 2.37. The summed E-state index contributed by atoms with van der Waals surface area (Å²) in [6.07, 6.45) is -0.492. The topological polar surface area (TPSA) is 81.7 Å². The molecule has 1 N–H and O–H groups in total. The van der Waals surface area contributed by atoms with Gasteiger partial charge in [-0.3, -0.25) is 4.79 Å². The summed E-state index contributed by atoms with van der Waals surface area (Å²) in [6.45, 7) is 1.98. The molecule has 0 unspecified atom stereocenters. The molecule has 0 heterocycles. The van der Waals surface area contributed by atoms with E-state index < -0.39 is 18.1 Å². The van der Waals surface area contributed by atoms with Gasteiger partial charge in [-0.2, -0.15) is 0 Å². The van der Waals surface area contributed by atoms with Gasteiger partial charge in [-0.15, -0.1) is 0 Å². The zero-order valence-electron chi connectivity index (χ0n) is 11.2. The Bertz CT molecular complexity index is 446. The fraction of sp³-hybridized carbons (Fsp3) is 0.357. The molecule has 0 bridgehead atoms. The van der Waals surface area contributed by atoms with Gasteiger partial charge in [0.2, 0.25) is 0 Å². The van der Waals surface area contributed by atoms with Crippen LogP contribution in [-0.4, -0.2) is 31.0 Å². The third kappa shape index (κ3) is 5.99. The fourth-order valence-corrected chi connectivity index (χ4v) is 1.45. The fourth-order valence-electron chi connectivity index (χ4n) is 1.45. The second kappa shape index (κ2) is 8.68. The normalized spacial score (nSPS) is 11.2. The molecule has 6 heteroatoms. The number of amides is 1. The van der Waals surface area contributed by atoms with Crippen LogP contribution in [0.5, 0.6) is 0 Å². The molecule has 108 valence electrons. The van der Waals surface area contributed by atoms with Crippen LogP contribution >= 0.6 is 0 Å². The molecular formula is C14H17NO5. The standard InChI is InChI=1S/C14H17NO5/c1-2-19-13(17)8-12(9-16)15-14(18)20-10-11-6-4-3-5-7-11/h3-7,9,12H,2,8,10H2,1H3,(H,15,18)/t12-/m1/s1. The first-order valence-electron chi connectivity index (χ1n) is 6.23. The molecule has 1 rings (SSSR count). The van der Waals surface area contributed by atoms with Crippen molar-refractivity contribution < 1.29 is 23.9 Å². The number of hydrogen-bond acceptors (Lipinski definition) is 5. The summed E-state index contributed by atoms with van der Waals surface area (Å²) in [5, 5.41) is 2.30. The molecule has 0 radical (unpaired) electrons. The number of nitrogens with one attached hydrogen (secondary N) is 1. The predicted molar refractivity (Wildman–Crippen MR) is 70.9 cm³/mol. The average molecular weight is 279 g/mol. The van der Waals surface area contributed by atoms with Crippen LogP contribution in [0.3, 0.4) is 0 Å². The summed E-state index contributed by atoms with van der Waals surface area (Å²) >= 11 is 0. The van der Waals surface area contributed by atoms with Crippen molar-refractivity contribution in [3.05, 3.63) is 35.9 Å². The first kappa shape index (κ1) is 15.7. The summed E-state index contributed by atoms with van der Waals surface area (Å²) in [5.41, 5.74) is 0.829. The monoisotopic (exact) mass is 279 g/mol. The molecule has 0 aliphatic heterocycles. The molecule has 1 aromatic carbocycles. The van der Waals surface area contributed by atoms with Crippen molar-refractivity contribution in [1.29, 1.82) is 0 Å². The summed E-state index contributed by atoms with van der Waals surface area (Å²) in [7, 11) is 0. The Labute approximate surface area is 117 Å². The van der Waals surface area contributed by atoms with Crippen molar-refractivity contribution in [3.8, 4) is 0 Å². The molecular weight excluding hydrogens is 262 g/mol. The maximum atomic E-state index is 11.5. The van der Waals surface area contributed by atoms with Crippen LogP contribution in [0, 0.1) is 0 Å². The molecule has 0 saturated heterocycles. The number of rotatable bonds is 7. The van der Waals surface area contributed by atoms with Crippen molar-refractivity contribution in [2.24, 2.45) is 0 Å². The largest absolute Gasteiger partial charge is 0.466 e. The lowest BCUT2D eigenvalue weighted by molar-refractivity contribution is -0.144. The minimum atomic E-state index is -0.947. The number of alkyl carbamates (subject to hydrolysis) is 1. The molecule has 0 saturated carbocycles. The molecule has 0 fully saturated rings. The van der Waals surface area contributed by atoms with Crippen molar-refractivity contribution in [2.75, 3.05) is 6.61 Å². The number of ether oxygens (including phenoxy) is 2. The Morgan fingerprint density at radius 2 is 1.95 bits per heavy atom. The lowest BCUT2D eigenvalue weighted by Gasteiger charge is -2.12. The van der Waals surface area contributed by atoms with Crippen LogP contribution in [0.2, 0.25) is 0 Å². The van der Waals surface area contributed by atoms with E-state index in [0.717, 1.165) is 5.56 Å². The highest BCUT2D eigenvalue weighted by Crippen LogP contribution is 2.01. The van der Waals surface area contributed by atoms with Crippen LogP contribution in [0.4, 0.5) is 4.79 Å². The summed E-state index contributed by atoms with van der Waals surface area (Å²) < 4.78 is 9.64. The van der Waals surface area contributed by atoms with Gasteiger partial charge < -0.3 is 19.6 Å². The molecule has 0 aliphatic rings. The highest BCUT2D eigenvalue weighted by Gasteiger charge is 2.17. The third-order valence-corrected chi connectivity index (χ3v) is 2.37. The number of benzene rings is 1. The van der Waals surface area contributed by atoms with E-state index >= 15 is 0 Å². The van der Waals surface area contributed by atoms with E-state index in [2.05, 4.69) is 5.32 Å². The molecule has 1 aromatic rings. The molecule has 20 heavy (non-hydrogen) atoms. The molecule has 6 nitrogen and oxygen atoms in total. The molecule has 0 aliphatic carbocycles. The van der Waals surface area contributed by atoms with E-state index in [1.807, 2.05) is 30.3 Å². The smallest absolute Gasteiger partial charge is 0.408 e. The molecule has 0 aromatic heterocycles. The first-order valence-corrected chi connectivity index (χ1v) is 6.23. The van der Waals surface area contributed by atoms with Crippen molar-refractivity contribution >= 4 is 18.3 Å². The zero-order valence-corrected chi connectivity index (χ0v) is 11.2. The van der Waals surface area contributed by atoms with E-state index in [1.165, 1.54) is 0 Å². The number of carbonyl (C=O) groups is 3. The van der Waals surface area contributed by atoms with Gasteiger partial charge >= 0.3 is 12.1 Å². The lowest BCUT2D eigenvalue weighted by Crippen LogP contribution is -2.38. The Hall–Kier alpha value is -2.37. The highest BCUT2D eigenvalue weighted by molar-refractivity contribution is 5.79. The SMILES string of the molecule is CCOC(=O)C[C@H](C=O)NC(=O)OCc1ccccc1. The average Bonchev–Trinajstić information content (AvgIpc) is 2.45. The van der Waals surface area contributed by atoms with Crippen LogP contribution in [0.1, 0.15) is 18.9 Å². The zero-order chi connectivity index (χ0) is 14.8. The van der Waals surface area contributed by atoms with E-state index in [9.17, 15) is 14.4 Å². The Balaban J connectivity index is 2.35. The van der Waals surface area contributed by atoms with Gasteiger partial charge in [0, 0.05) is 0 Å². The Morgan fingerprint density at radius 3 is 2.55 bits per heavy atom. The number of aldehydes is 1. The van der Waals surface area contributed by atoms with Crippen LogP contribution in [0.25, 0.3) is 0 Å². The second-order valence-electron chi connectivity index (χ2n) is 3.96.